The van der Waals surface area contributed by atoms with Crippen molar-refractivity contribution in [1.29, 1.82) is 0 Å². The summed E-state index contributed by atoms with van der Waals surface area (Å²) in [6, 6.07) is 17.1. The molecule has 25 heavy (non-hydrogen) atoms. The first-order valence-electron chi connectivity index (χ1n) is 7.65. The number of thioether (sulfide) groups is 1. The van der Waals surface area contributed by atoms with E-state index in [2.05, 4.69) is 10.2 Å². The van der Waals surface area contributed by atoms with Crippen molar-refractivity contribution >= 4 is 17.7 Å². The molecule has 6 nitrogen and oxygen atoms in total. The van der Waals surface area contributed by atoms with Crippen LogP contribution in [-0.4, -0.2) is 38.2 Å². The van der Waals surface area contributed by atoms with Crippen LogP contribution in [0.3, 0.4) is 0 Å². The summed E-state index contributed by atoms with van der Waals surface area (Å²) in [7, 11) is 1.61. The Morgan fingerprint density at radius 1 is 1.12 bits per heavy atom. The van der Waals surface area contributed by atoms with E-state index in [0.29, 0.717) is 11.0 Å². The third-order valence-electron chi connectivity index (χ3n) is 3.63. The average Bonchev–Trinajstić information content (AvgIpc) is 3.06. The van der Waals surface area contributed by atoms with Gasteiger partial charge in [-0.15, -0.1) is 10.2 Å². The molecule has 1 unspecified atom stereocenters. The summed E-state index contributed by atoms with van der Waals surface area (Å²) < 4.78 is 7.06. The van der Waals surface area contributed by atoms with Crippen LogP contribution in [0.5, 0.6) is 5.75 Å². The summed E-state index contributed by atoms with van der Waals surface area (Å²) in [6.07, 6.45) is 0. The van der Waals surface area contributed by atoms with Gasteiger partial charge in [0.15, 0.2) is 11.0 Å². The minimum Gasteiger partial charge on any atom is -0.497 e. The third kappa shape index (κ3) is 3.66. The Balaban J connectivity index is 2.08. The first kappa shape index (κ1) is 17.0. The highest BCUT2D eigenvalue weighted by molar-refractivity contribution is 8.00. The Hall–Kier alpha value is -2.80. The monoisotopic (exact) mass is 355 g/mol. The molecule has 0 aliphatic rings. The number of carbonyl (C=O) groups is 1. The number of carboxylic acids is 1. The molecule has 0 radical (unpaired) electrons. The molecule has 1 N–H and O–H groups in total. The SMILES string of the molecule is COc1ccc(-c2nnc(SC(C)C(=O)O)n2-c2ccccc2)cc1. The molecule has 1 aromatic heterocycles. The van der Waals surface area contributed by atoms with Crippen molar-refractivity contribution in [3.05, 3.63) is 54.6 Å². The van der Waals surface area contributed by atoms with Gasteiger partial charge < -0.3 is 9.84 Å². The average molecular weight is 355 g/mol. The highest BCUT2D eigenvalue weighted by Gasteiger charge is 2.21. The standard InChI is InChI=1S/C18H17N3O3S/c1-12(17(22)23)25-18-20-19-16(13-8-10-15(24-2)11-9-13)21(18)14-6-4-3-5-7-14/h3-12H,1-2H3,(H,22,23). The Labute approximate surface area is 149 Å². The Morgan fingerprint density at radius 3 is 2.40 bits per heavy atom. The van der Waals surface area contributed by atoms with Crippen molar-refractivity contribution in [2.45, 2.75) is 17.3 Å². The molecule has 0 fully saturated rings. The van der Waals surface area contributed by atoms with Crippen LogP contribution >= 0.6 is 11.8 Å². The molecule has 1 atom stereocenters. The van der Waals surface area contributed by atoms with Gasteiger partial charge in [0.1, 0.15) is 11.0 Å². The van der Waals surface area contributed by atoms with Gasteiger partial charge in [-0.1, -0.05) is 30.0 Å². The number of hydrogen-bond donors (Lipinski definition) is 1. The molecule has 0 bridgehead atoms. The van der Waals surface area contributed by atoms with Crippen LogP contribution in [0.2, 0.25) is 0 Å². The van der Waals surface area contributed by atoms with E-state index in [-0.39, 0.29) is 0 Å². The van der Waals surface area contributed by atoms with E-state index in [9.17, 15) is 9.90 Å². The zero-order chi connectivity index (χ0) is 17.8. The Kier molecular flexibility index (Phi) is 5.04. The fourth-order valence-corrected chi connectivity index (χ4v) is 3.09. The van der Waals surface area contributed by atoms with Crippen LogP contribution < -0.4 is 4.74 Å². The number of para-hydroxylation sites is 1. The second-order valence-corrected chi connectivity index (χ2v) is 6.61. The molecular weight excluding hydrogens is 338 g/mol. The molecule has 2 aromatic carbocycles. The second kappa shape index (κ2) is 7.40. The van der Waals surface area contributed by atoms with E-state index in [1.54, 1.807) is 14.0 Å². The van der Waals surface area contributed by atoms with Crippen molar-refractivity contribution in [2.24, 2.45) is 0 Å². The molecule has 7 heteroatoms. The van der Waals surface area contributed by atoms with E-state index in [1.165, 1.54) is 0 Å². The van der Waals surface area contributed by atoms with Crippen LogP contribution in [-0.2, 0) is 4.79 Å². The number of benzene rings is 2. The fraction of sp³-hybridized carbons (Fsp3) is 0.167. The van der Waals surface area contributed by atoms with E-state index in [4.69, 9.17) is 4.74 Å². The molecule has 0 amide bonds. The summed E-state index contributed by atoms with van der Waals surface area (Å²) in [5.41, 5.74) is 1.74. The number of hydrogen-bond acceptors (Lipinski definition) is 5. The van der Waals surface area contributed by atoms with Gasteiger partial charge in [0.2, 0.25) is 0 Å². The quantitative estimate of drug-likeness (QED) is 0.682. The van der Waals surface area contributed by atoms with Crippen LogP contribution in [0.25, 0.3) is 17.1 Å². The maximum atomic E-state index is 11.2. The van der Waals surface area contributed by atoms with Crippen molar-refractivity contribution in [3.8, 4) is 22.8 Å². The van der Waals surface area contributed by atoms with Gasteiger partial charge in [-0.2, -0.15) is 0 Å². The fourth-order valence-electron chi connectivity index (χ4n) is 2.29. The molecular formula is C18H17N3O3S. The molecule has 1 heterocycles. The lowest BCUT2D eigenvalue weighted by Crippen LogP contribution is -2.12. The van der Waals surface area contributed by atoms with E-state index < -0.39 is 11.2 Å². The normalized spacial score (nSPS) is 11.9. The molecule has 0 aliphatic heterocycles. The molecule has 0 saturated heterocycles. The van der Waals surface area contributed by atoms with Crippen LogP contribution in [0, 0.1) is 0 Å². The van der Waals surface area contributed by atoms with E-state index >= 15 is 0 Å². The third-order valence-corrected chi connectivity index (χ3v) is 4.66. The Morgan fingerprint density at radius 2 is 1.80 bits per heavy atom. The number of methoxy groups -OCH3 is 1. The number of aromatic nitrogens is 3. The lowest BCUT2D eigenvalue weighted by Gasteiger charge is -2.11. The molecule has 0 saturated carbocycles. The summed E-state index contributed by atoms with van der Waals surface area (Å²) in [6.45, 7) is 1.63. The molecule has 128 valence electrons. The zero-order valence-corrected chi connectivity index (χ0v) is 14.6. The number of ether oxygens (including phenoxy) is 1. The predicted octanol–water partition coefficient (Wildman–Crippen LogP) is 3.51. The van der Waals surface area contributed by atoms with Gasteiger partial charge in [-0.05, 0) is 43.3 Å². The van der Waals surface area contributed by atoms with Gasteiger partial charge in [-0.3, -0.25) is 9.36 Å². The number of rotatable bonds is 6. The maximum absolute atomic E-state index is 11.2. The summed E-state index contributed by atoms with van der Waals surface area (Å²) in [5.74, 6) is 0.510. The van der Waals surface area contributed by atoms with Crippen molar-refractivity contribution in [3.63, 3.8) is 0 Å². The predicted molar refractivity (Wildman–Crippen MR) is 96.3 cm³/mol. The van der Waals surface area contributed by atoms with Gasteiger partial charge >= 0.3 is 5.97 Å². The van der Waals surface area contributed by atoms with Gasteiger partial charge in [0.25, 0.3) is 0 Å². The van der Waals surface area contributed by atoms with Crippen LogP contribution in [0.4, 0.5) is 0 Å². The number of aliphatic carboxylic acids is 1. The van der Waals surface area contributed by atoms with Crippen LogP contribution in [0.1, 0.15) is 6.92 Å². The van der Waals surface area contributed by atoms with Crippen molar-refractivity contribution < 1.29 is 14.6 Å². The second-order valence-electron chi connectivity index (χ2n) is 5.30. The van der Waals surface area contributed by atoms with Gasteiger partial charge in [0.05, 0.1) is 7.11 Å². The number of nitrogens with zero attached hydrogens (tertiary/aromatic N) is 3. The smallest absolute Gasteiger partial charge is 0.316 e. The Bertz CT molecular complexity index is 863. The minimum absolute atomic E-state index is 0.534. The first-order valence-corrected chi connectivity index (χ1v) is 8.53. The largest absolute Gasteiger partial charge is 0.497 e. The van der Waals surface area contributed by atoms with E-state index in [0.717, 1.165) is 28.8 Å². The highest BCUT2D eigenvalue weighted by Crippen LogP contribution is 2.30. The van der Waals surface area contributed by atoms with Gasteiger partial charge in [-0.25, -0.2) is 0 Å². The molecule has 0 spiro atoms. The maximum Gasteiger partial charge on any atom is 0.316 e. The van der Waals surface area contributed by atoms with Crippen LogP contribution in [0.15, 0.2) is 59.8 Å². The topological polar surface area (TPSA) is 77.2 Å². The molecule has 0 aliphatic carbocycles. The summed E-state index contributed by atoms with van der Waals surface area (Å²) in [5, 5.41) is 17.6. The highest BCUT2D eigenvalue weighted by atomic mass is 32.2. The van der Waals surface area contributed by atoms with Crippen molar-refractivity contribution in [2.75, 3.05) is 7.11 Å². The van der Waals surface area contributed by atoms with E-state index in [1.807, 2.05) is 59.2 Å². The first-order chi connectivity index (χ1) is 12.1. The van der Waals surface area contributed by atoms with Crippen molar-refractivity contribution in [1.82, 2.24) is 14.8 Å². The lowest BCUT2D eigenvalue weighted by molar-refractivity contribution is -0.136. The lowest BCUT2D eigenvalue weighted by atomic mass is 10.2. The minimum atomic E-state index is -0.890. The zero-order valence-electron chi connectivity index (χ0n) is 13.8. The molecule has 3 rings (SSSR count). The number of carboxylic acid groups (broad SMARTS) is 1. The summed E-state index contributed by atoms with van der Waals surface area (Å²) >= 11 is 1.16. The molecule has 3 aromatic rings. The summed E-state index contributed by atoms with van der Waals surface area (Å²) in [4.78, 5) is 11.2. The van der Waals surface area contributed by atoms with Gasteiger partial charge in [0, 0.05) is 11.3 Å².